The van der Waals surface area contributed by atoms with Gasteiger partial charge in [0.15, 0.2) is 0 Å². The molecule has 102 valence electrons. The number of allylic oxidation sites excluding steroid dienone is 5. The standard InChI is InChI=1S/C18H20N2/c1-14-9-8-12-17(18(14)19-3)15(2)13-20-16-10-6-4-5-7-11-16/h4-10,12,20H,2-3,11,13H2,1H3. The van der Waals surface area contributed by atoms with E-state index in [1.54, 1.807) is 0 Å². The van der Waals surface area contributed by atoms with Gasteiger partial charge in [-0.2, -0.15) is 0 Å². The van der Waals surface area contributed by atoms with Crippen molar-refractivity contribution in [2.24, 2.45) is 4.99 Å². The molecule has 0 bridgehead atoms. The molecule has 2 nitrogen and oxygen atoms in total. The zero-order valence-electron chi connectivity index (χ0n) is 11.9. The fraction of sp³-hybridized carbons (Fsp3) is 0.167. The monoisotopic (exact) mass is 264 g/mol. The molecule has 1 aliphatic carbocycles. The highest BCUT2D eigenvalue weighted by atomic mass is 14.9. The zero-order chi connectivity index (χ0) is 14.4. The van der Waals surface area contributed by atoms with Gasteiger partial charge in [0, 0.05) is 24.2 Å². The maximum Gasteiger partial charge on any atom is 0.0727 e. The van der Waals surface area contributed by atoms with Gasteiger partial charge in [-0.1, -0.05) is 49.1 Å². The summed E-state index contributed by atoms with van der Waals surface area (Å²) in [7, 11) is 0. The average Bonchev–Trinajstić information content (AvgIpc) is 2.73. The third kappa shape index (κ3) is 3.35. The molecule has 1 N–H and O–H groups in total. The molecule has 0 aliphatic heterocycles. The third-order valence-electron chi connectivity index (χ3n) is 3.30. The predicted octanol–water partition coefficient (Wildman–Crippen LogP) is 4.33. The van der Waals surface area contributed by atoms with Crippen LogP contribution in [-0.2, 0) is 0 Å². The first-order chi connectivity index (χ1) is 9.72. The third-order valence-corrected chi connectivity index (χ3v) is 3.30. The highest BCUT2D eigenvalue weighted by Crippen LogP contribution is 2.28. The number of hydrogen-bond donors (Lipinski definition) is 1. The number of nitrogens with zero attached hydrogens (tertiary/aromatic N) is 1. The van der Waals surface area contributed by atoms with Gasteiger partial charge >= 0.3 is 0 Å². The molecule has 20 heavy (non-hydrogen) atoms. The lowest BCUT2D eigenvalue weighted by Crippen LogP contribution is -2.15. The molecule has 0 atom stereocenters. The molecule has 2 rings (SSSR count). The number of nitrogens with one attached hydrogen (secondary N) is 1. The molecule has 0 aromatic heterocycles. The Morgan fingerprint density at radius 2 is 2.15 bits per heavy atom. The molecule has 0 radical (unpaired) electrons. The van der Waals surface area contributed by atoms with Gasteiger partial charge in [-0.3, -0.25) is 4.99 Å². The first-order valence-corrected chi connectivity index (χ1v) is 6.73. The second-order valence-corrected chi connectivity index (χ2v) is 4.80. The number of benzene rings is 1. The van der Waals surface area contributed by atoms with Crippen LogP contribution in [0.1, 0.15) is 17.5 Å². The Morgan fingerprint density at radius 1 is 1.30 bits per heavy atom. The first kappa shape index (κ1) is 14.1. The first-order valence-electron chi connectivity index (χ1n) is 6.73. The van der Waals surface area contributed by atoms with E-state index in [9.17, 15) is 0 Å². The van der Waals surface area contributed by atoms with E-state index in [4.69, 9.17) is 0 Å². The van der Waals surface area contributed by atoms with Crippen LogP contribution in [0.5, 0.6) is 0 Å². The molecule has 1 aromatic carbocycles. The summed E-state index contributed by atoms with van der Waals surface area (Å²) in [4.78, 5) is 4.13. The molecule has 0 fully saturated rings. The highest BCUT2D eigenvalue weighted by Gasteiger charge is 2.07. The van der Waals surface area contributed by atoms with Crippen molar-refractivity contribution in [2.45, 2.75) is 13.3 Å². The SMILES string of the molecule is C=Nc1c(C)cccc1C(=C)CNC1=CC=CC=CC1. The van der Waals surface area contributed by atoms with Gasteiger partial charge in [-0.15, -0.1) is 0 Å². The van der Waals surface area contributed by atoms with Crippen molar-refractivity contribution in [1.82, 2.24) is 5.32 Å². The van der Waals surface area contributed by atoms with Crippen LogP contribution in [0.15, 0.2) is 65.8 Å². The Hall–Kier alpha value is -2.35. The Bertz CT molecular complexity index is 604. The van der Waals surface area contributed by atoms with Gasteiger partial charge in [0.1, 0.15) is 0 Å². The van der Waals surface area contributed by atoms with Crippen LogP contribution < -0.4 is 5.32 Å². The van der Waals surface area contributed by atoms with Crippen LogP contribution in [0, 0.1) is 6.92 Å². The van der Waals surface area contributed by atoms with Gasteiger partial charge in [0.25, 0.3) is 0 Å². The van der Waals surface area contributed by atoms with Gasteiger partial charge in [0.05, 0.1) is 5.69 Å². The fourth-order valence-electron chi connectivity index (χ4n) is 2.18. The second kappa shape index (κ2) is 6.71. The summed E-state index contributed by atoms with van der Waals surface area (Å²) in [6, 6.07) is 6.11. The van der Waals surface area contributed by atoms with Crippen molar-refractivity contribution in [3.8, 4) is 0 Å². The molecule has 2 heteroatoms. The molecular weight excluding hydrogens is 244 g/mol. The lowest BCUT2D eigenvalue weighted by atomic mass is 10.0. The van der Waals surface area contributed by atoms with E-state index in [0.29, 0.717) is 6.54 Å². The molecular formula is C18H20N2. The Balaban J connectivity index is 2.07. The molecule has 1 aliphatic rings. The highest BCUT2D eigenvalue weighted by molar-refractivity contribution is 5.77. The van der Waals surface area contributed by atoms with Crippen LogP contribution in [0.4, 0.5) is 5.69 Å². The largest absolute Gasteiger partial charge is 0.384 e. The van der Waals surface area contributed by atoms with Crippen molar-refractivity contribution in [2.75, 3.05) is 6.54 Å². The van der Waals surface area contributed by atoms with Crippen LogP contribution in [0.3, 0.4) is 0 Å². The van der Waals surface area contributed by atoms with E-state index < -0.39 is 0 Å². The maximum atomic E-state index is 4.17. The van der Waals surface area contributed by atoms with E-state index in [2.05, 4.69) is 41.8 Å². The minimum atomic E-state index is 0.708. The topological polar surface area (TPSA) is 24.4 Å². The molecule has 0 spiro atoms. The fourth-order valence-corrected chi connectivity index (χ4v) is 2.18. The quantitative estimate of drug-likeness (QED) is 0.786. The van der Waals surface area contributed by atoms with Crippen molar-refractivity contribution in [3.63, 3.8) is 0 Å². The van der Waals surface area contributed by atoms with E-state index in [1.807, 2.05) is 37.3 Å². The average molecular weight is 264 g/mol. The predicted molar refractivity (Wildman–Crippen MR) is 88.4 cm³/mol. The van der Waals surface area contributed by atoms with Gasteiger partial charge < -0.3 is 5.32 Å². The van der Waals surface area contributed by atoms with Crippen molar-refractivity contribution in [1.29, 1.82) is 0 Å². The summed E-state index contributed by atoms with van der Waals surface area (Å²) >= 11 is 0. The van der Waals surface area contributed by atoms with Gasteiger partial charge in [-0.25, -0.2) is 0 Å². The Labute approximate surface area is 120 Å². The van der Waals surface area contributed by atoms with Crippen LogP contribution in [-0.4, -0.2) is 13.3 Å². The molecule has 1 aromatic rings. The minimum absolute atomic E-state index is 0.708. The van der Waals surface area contributed by atoms with Crippen LogP contribution in [0.25, 0.3) is 5.57 Å². The van der Waals surface area contributed by atoms with Gasteiger partial charge in [-0.05, 0) is 30.9 Å². The summed E-state index contributed by atoms with van der Waals surface area (Å²) < 4.78 is 0. The van der Waals surface area contributed by atoms with Crippen molar-refractivity contribution in [3.05, 3.63) is 72.0 Å². The normalized spacial score (nSPS) is 13.6. The number of hydrogen-bond acceptors (Lipinski definition) is 2. The van der Waals surface area contributed by atoms with Gasteiger partial charge in [0.2, 0.25) is 0 Å². The summed E-state index contributed by atoms with van der Waals surface area (Å²) in [6.45, 7) is 10.6. The summed E-state index contributed by atoms with van der Waals surface area (Å²) in [5, 5.41) is 3.43. The Morgan fingerprint density at radius 3 is 2.95 bits per heavy atom. The van der Waals surface area contributed by atoms with Crippen molar-refractivity contribution < 1.29 is 0 Å². The summed E-state index contributed by atoms with van der Waals surface area (Å²) in [5.41, 5.74) is 5.33. The van der Waals surface area contributed by atoms with Crippen LogP contribution in [0.2, 0.25) is 0 Å². The number of rotatable bonds is 5. The molecule has 0 unspecified atom stereocenters. The smallest absolute Gasteiger partial charge is 0.0727 e. The lowest BCUT2D eigenvalue weighted by Gasteiger charge is -2.14. The second-order valence-electron chi connectivity index (χ2n) is 4.80. The van der Waals surface area contributed by atoms with E-state index in [-0.39, 0.29) is 0 Å². The number of para-hydroxylation sites is 1. The van der Waals surface area contributed by atoms with Crippen LogP contribution >= 0.6 is 0 Å². The summed E-state index contributed by atoms with van der Waals surface area (Å²) in [6.07, 6.45) is 11.3. The Kier molecular flexibility index (Phi) is 4.72. The molecule has 0 saturated carbocycles. The van der Waals surface area contributed by atoms with Crippen molar-refractivity contribution >= 4 is 18.0 Å². The molecule has 0 heterocycles. The zero-order valence-corrected chi connectivity index (χ0v) is 11.9. The lowest BCUT2D eigenvalue weighted by molar-refractivity contribution is 0.881. The maximum absolute atomic E-state index is 4.17. The minimum Gasteiger partial charge on any atom is -0.384 e. The van der Waals surface area contributed by atoms with E-state index >= 15 is 0 Å². The molecule has 0 amide bonds. The number of aryl methyl sites for hydroxylation is 1. The van der Waals surface area contributed by atoms with E-state index in [1.165, 1.54) is 5.70 Å². The summed E-state index contributed by atoms with van der Waals surface area (Å²) in [5.74, 6) is 0. The van der Waals surface area contributed by atoms with E-state index in [0.717, 1.165) is 28.8 Å². The number of aliphatic imine (C=N–C) groups is 1. The molecule has 0 saturated heterocycles.